The second-order valence-electron chi connectivity index (χ2n) is 7.56. The lowest BCUT2D eigenvalue weighted by atomic mass is 10.0. The summed E-state index contributed by atoms with van der Waals surface area (Å²) in [6, 6.07) is 19.2. The zero-order valence-electron chi connectivity index (χ0n) is 16.8. The molecule has 0 amide bonds. The monoisotopic (exact) mass is 436 g/mol. The lowest BCUT2D eigenvalue weighted by molar-refractivity contribution is 0.122. The summed E-state index contributed by atoms with van der Waals surface area (Å²) in [7, 11) is 0. The Hall–Kier alpha value is -2.48. The molecular weight excluding hydrogens is 412 g/mol. The van der Waals surface area contributed by atoms with Crippen molar-refractivity contribution >= 4 is 40.0 Å². The molecule has 154 valence electrons. The van der Waals surface area contributed by atoms with E-state index in [0.717, 1.165) is 42.8 Å². The average molecular weight is 437 g/mol. The highest BCUT2D eigenvalue weighted by Gasteiger charge is 2.41. The molecule has 7 heteroatoms. The molecule has 2 saturated heterocycles. The molecule has 2 aliphatic heterocycles. The van der Waals surface area contributed by atoms with Crippen molar-refractivity contribution in [2.45, 2.75) is 19.0 Å². The smallest absolute Gasteiger partial charge is 0.174 e. The highest BCUT2D eigenvalue weighted by Crippen LogP contribution is 2.43. The van der Waals surface area contributed by atoms with Crippen LogP contribution in [0.2, 0.25) is 0 Å². The molecule has 0 radical (unpaired) electrons. The highest BCUT2D eigenvalue weighted by molar-refractivity contribution is 7.80. The van der Waals surface area contributed by atoms with Gasteiger partial charge in [0.2, 0.25) is 0 Å². The minimum atomic E-state index is 0.00988. The number of pyridine rings is 1. The van der Waals surface area contributed by atoms with Crippen LogP contribution in [0.3, 0.4) is 0 Å². The van der Waals surface area contributed by atoms with Crippen molar-refractivity contribution in [1.29, 1.82) is 0 Å². The predicted octanol–water partition coefficient (Wildman–Crippen LogP) is 4.47. The van der Waals surface area contributed by atoms with E-state index in [4.69, 9.17) is 17.0 Å². The van der Waals surface area contributed by atoms with Crippen molar-refractivity contribution in [3.05, 3.63) is 76.2 Å². The van der Waals surface area contributed by atoms with E-state index >= 15 is 0 Å². The summed E-state index contributed by atoms with van der Waals surface area (Å²) >= 11 is 7.62. The molecular formula is C23H24N4OS2. The van der Waals surface area contributed by atoms with Gasteiger partial charge >= 0.3 is 0 Å². The molecule has 3 aromatic rings. The Balaban J connectivity index is 1.50. The van der Waals surface area contributed by atoms with Crippen molar-refractivity contribution < 1.29 is 4.74 Å². The van der Waals surface area contributed by atoms with Crippen molar-refractivity contribution in [3.8, 4) is 0 Å². The first-order valence-corrected chi connectivity index (χ1v) is 11.4. The third kappa shape index (κ3) is 3.69. The van der Waals surface area contributed by atoms with E-state index in [9.17, 15) is 0 Å². The third-order valence-corrected chi connectivity index (χ3v) is 7.04. The fraction of sp³-hybridized carbons (Fsp3) is 0.304. The molecule has 1 aromatic carbocycles. The first-order valence-electron chi connectivity index (χ1n) is 10.2. The Morgan fingerprint density at radius 1 is 1.03 bits per heavy atom. The van der Waals surface area contributed by atoms with Gasteiger partial charge in [0.05, 0.1) is 31.0 Å². The average Bonchev–Trinajstić information content (AvgIpc) is 3.38. The minimum Gasteiger partial charge on any atom is -0.378 e. The molecule has 5 nitrogen and oxygen atoms in total. The fourth-order valence-electron chi connectivity index (χ4n) is 4.18. The van der Waals surface area contributed by atoms with Crippen LogP contribution >= 0.6 is 23.6 Å². The van der Waals surface area contributed by atoms with Gasteiger partial charge in [0, 0.05) is 40.4 Å². The van der Waals surface area contributed by atoms with Gasteiger partial charge in [0.15, 0.2) is 5.11 Å². The molecule has 2 fully saturated rings. The van der Waals surface area contributed by atoms with Crippen LogP contribution in [0.5, 0.6) is 0 Å². The zero-order valence-corrected chi connectivity index (χ0v) is 18.5. The first kappa shape index (κ1) is 19.5. The minimum absolute atomic E-state index is 0.00988. The number of rotatable bonds is 4. The molecule has 30 heavy (non-hydrogen) atoms. The number of aromatic nitrogens is 1. The van der Waals surface area contributed by atoms with Gasteiger partial charge in [-0.05, 0) is 67.7 Å². The van der Waals surface area contributed by atoms with Gasteiger partial charge in [-0.25, -0.2) is 0 Å². The highest BCUT2D eigenvalue weighted by atomic mass is 32.1. The molecule has 2 atom stereocenters. The molecule has 4 heterocycles. The Kier molecular flexibility index (Phi) is 5.41. The maximum absolute atomic E-state index is 5.81. The van der Waals surface area contributed by atoms with Crippen LogP contribution in [0.15, 0.2) is 60.8 Å². The van der Waals surface area contributed by atoms with Gasteiger partial charge in [0.25, 0.3) is 0 Å². The third-order valence-electron chi connectivity index (χ3n) is 5.65. The number of nitrogens with one attached hydrogen (secondary N) is 1. The lowest BCUT2D eigenvalue weighted by Crippen LogP contribution is -2.36. The van der Waals surface area contributed by atoms with Gasteiger partial charge in [-0.1, -0.05) is 6.07 Å². The summed E-state index contributed by atoms with van der Waals surface area (Å²) < 4.78 is 5.48. The second kappa shape index (κ2) is 8.34. The summed E-state index contributed by atoms with van der Waals surface area (Å²) in [5, 5.41) is 4.27. The molecule has 0 unspecified atom stereocenters. The van der Waals surface area contributed by atoms with E-state index in [1.165, 1.54) is 15.4 Å². The molecule has 2 aromatic heterocycles. The van der Waals surface area contributed by atoms with E-state index in [2.05, 4.69) is 69.5 Å². The van der Waals surface area contributed by atoms with Crippen LogP contribution in [0.4, 0.5) is 11.4 Å². The number of thiophene rings is 1. The van der Waals surface area contributed by atoms with Gasteiger partial charge < -0.3 is 19.9 Å². The lowest BCUT2D eigenvalue weighted by Gasteiger charge is -2.30. The van der Waals surface area contributed by atoms with Crippen LogP contribution in [0.25, 0.3) is 0 Å². The fourth-order valence-corrected chi connectivity index (χ4v) is 5.53. The van der Waals surface area contributed by atoms with Crippen molar-refractivity contribution in [2.75, 3.05) is 36.1 Å². The summed E-state index contributed by atoms with van der Waals surface area (Å²) in [4.78, 5) is 11.8. The Bertz CT molecular complexity index is 1020. The van der Waals surface area contributed by atoms with Crippen molar-refractivity contribution in [1.82, 2.24) is 10.3 Å². The van der Waals surface area contributed by atoms with Gasteiger partial charge in [0.1, 0.15) is 0 Å². The molecule has 5 rings (SSSR count). The van der Waals surface area contributed by atoms with Crippen LogP contribution in [-0.4, -0.2) is 36.4 Å². The molecule has 0 saturated carbocycles. The van der Waals surface area contributed by atoms with Crippen LogP contribution in [0.1, 0.15) is 27.5 Å². The van der Waals surface area contributed by atoms with E-state index in [1.807, 2.05) is 29.7 Å². The summed E-state index contributed by atoms with van der Waals surface area (Å²) in [6.07, 6.45) is 1.84. The van der Waals surface area contributed by atoms with E-state index in [0.29, 0.717) is 0 Å². The quantitative estimate of drug-likeness (QED) is 0.609. The molecule has 0 bridgehead atoms. The number of morpholine rings is 1. The van der Waals surface area contributed by atoms with Crippen LogP contribution in [-0.2, 0) is 4.74 Å². The molecule has 2 aliphatic rings. The Morgan fingerprint density at radius 3 is 2.47 bits per heavy atom. The van der Waals surface area contributed by atoms with Gasteiger partial charge in [-0.3, -0.25) is 4.98 Å². The predicted molar refractivity (Wildman–Crippen MR) is 126 cm³/mol. The van der Waals surface area contributed by atoms with E-state index in [1.54, 1.807) is 0 Å². The first-order chi connectivity index (χ1) is 14.7. The van der Waals surface area contributed by atoms with E-state index < -0.39 is 0 Å². The molecule has 0 spiro atoms. The number of ether oxygens (including phenoxy) is 1. The summed E-state index contributed by atoms with van der Waals surface area (Å²) in [5.41, 5.74) is 3.33. The van der Waals surface area contributed by atoms with Crippen LogP contribution < -0.4 is 15.1 Å². The largest absolute Gasteiger partial charge is 0.378 e. The number of nitrogens with zero attached hydrogens (tertiary/aromatic N) is 3. The standard InChI is InChI=1S/C23H24N4OS2/c1-16-5-10-20(30-16)22-21(19-4-2-3-11-24-19)25-23(29)27(22)18-8-6-17(7-9-18)26-12-14-28-15-13-26/h2-11,21-22H,12-15H2,1H3,(H,25,29)/t21-,22-/m0/s1. The SMILES string of the molecule is Cc1ccc([C@H]2[C@H](c3ccccn3)NC(=S)N2c2ccc(N3CCOCC3)cc2)s1. The molecule has 0 aliphatic carbocycles. The Morgan fingerprint density at radius 2 is 1.80 bits per heavy atom. The van der Waals surface area contributed by atoms with Crippen LogP contribution in [0, 0.1) is 6.92 Å². The zero-order chi connectivity index (χ0) is 20.5. The van der Waals surface area contributed by atoms with Gasteiger partial charge in [-0.15, -0.1) is 11.3 Å². The van der Waals surface area contributed by atoms with Crippen molar-refractivity contribution in [2.24, 2.45) is 0 Å². The molecule has 1 N–H and O–H groups in total. The summed E-state index contributed by atoms with van der Waals surface area (Å²) in [5.74, 6) is 0. The Labute approximate surface area is 186 Å². The number of thiocarbonyl (C=S) groups is 1. The van der Waals surface area contributed by atoms with Crippen molar-refractivity contribution in [3.63, 3.8) is 0 Å². The number of anilines is 2. The topological polar surface area (TPSA) is 40.6 Å². The van der Waals surface area contributed by atoms with Gasteiger partial charge in [-0.2, -0.15) is 0 Å². The number of hydrogen-bond donors (Lipinski definition) is 1. The number of aryl methyl sites for hydroxylation is 1. The number of benzene rings is 1. The summed E-state index contributed by atoms with van der Waals surface area (Å²) in [6.45, 7) is 5.58. The maximum atomic E-state index is 5.81. The normalized spacial score (nSPS) is 21.7. The maximum Gasteiger partial charge on any atom is 0.174 e. The number of hydrogen-bond acceptors (Lipinski definition) is 5. The van der Waals surface area contributed by atoms with E-state index in [-0.39, 0.29) is 12.1 Å². The second-order valence-corrected chi connectivity index (χ2v) is 9.27.